The van der Waals surface area contributed by atoms with Crippen molar-refractivity contribution in [2.24, 2.45) is 0 Å². The maximum absolute atomic E-state index is 2.23. The number of nitrogens with zero attached hydrogens (tertiary/aromatic N) is 1. The molecule has 0 radical (unpaired) electrons. The van der Waals surface area contributed by atoms with Crippen LogP contribution in [0.5, 0.6) is 0 Å². The van der Waals surface area contributed by atoms with Crippen LogP contribution in [-0.4, -0.2) is 19.0 Å². The number of hydrogen-bond acceptors (Lipinski definition) is 2. The van der Waals surface area contributed by atoms with Crippen molar-refractivity contribution in [3.8, 4) is 21.6 Å². The van der Waals surface area contributed by atoms with Gasteiger partial charge in [-0.2, -0.15) is 0 Å². The van der Waals surface area contributed by atoms with Crippen molar-refractivity contribution in [3.05, 3.63) is 71.6 Å². The molecule has 22 heavy (non-hydrogen) atoms. The lowest BCUT2D eigenvalue weighted by Crippen LogP contribution is -2.16. The van der Waals surface area contributed by atoms with E-state index in [0.717, 1.165) is 0 Å². The quantitative estimate of drug-likeness (QED) is 0.597. The lowest BCUT2D eigenvalue weighted by molar-refractivity contribution is 0.321. The molecule has 1 heterocycles. The fourth-order valence-corrected chi connectivity index (χ4v) is 3.26. The van der Waals surface area contributed by atoms with E-state index in [1.165, 1.54) is 27.1 Å². The highest BCUT2D eigenvalue weighted by atomic mass is 32.1. The Labute approximate surface area is 136 Å². The van der Waals surface area contributed by atoms with Crippen LogP contribution in [0.2, 0.25) is 0 Å². The molecular formula is C20H21NS. The number of rotatable bonds is 4. The summed E-state index contributed by atoms with van der Waals surface area (Å²) in [5.74, 6) is 0. The molecule has 1 unspecified atom stereocenters. The van der Waals surface area contributed by atoms with Crippen LogP contribution in [0.3, 0.4) is 0 Å². The van der Waals surface area contributed by atoms with Gasteiger partial charge in [0, 0.05) is 10.9 Å². The van der Waals surface area contributed by atoms with Crippen molar-refractivity contribution in [2.75, 3.05) is 14.1 Å². The molecular weight excluding hydrogens is 286 g/mol. The molecule has 2 heteroatoms. The van der Waals surface area contributed by atoms with Gasteiger partial charge in [-0.25, -0.2) is 0 Å². The fraction of sp³-hybridized carbons (Fsp3) is 0.200. The number of benzene rings is 2. The first-order valence-corrected chi connectivity index (χ1v) is 8.44. The molecule has 3 aromatic rings. The van der Waals surface area contributed by atoms with Crippen LogP contribution in [0.4, 0.5) is 0 Å². The molecule has 0 amide bonds. The average Bonchev–Trinajstić information content (AvgIpc) is 3.09. The molecule has 1 nitrogen and oxygen atoms in total. The summed E-state index contributed by atoms with van der Waals surface area (Å²) in [7, 11) is 4.23. The zero-order valence-corrected chi connectivity index (χ0v) is 14.1. The van der Waals surface area contributed by atoms with Crippen molar-refractivity contribution in [1.82, 2.24) is 4.90 Å². The molecule has 0 saturated heterocycles. The van der Waals surface area contributed by atoms with Gasteiger partial charge in [-0.3, -0.25) is 0 Å². The maximum atomic E-state index is 2.23. The minimum absolute atomic E-state index is 0.440. The summed E-state index contributed by atoms with van der Waals surface area (Å²) >= 11 is 1.78. The number of hydrogen-bond donors (Lipinski definition) is 0. The first-order valence-electron chi connectivity index (χ1n) is 7.56. The second-order valence-electron chi connectivity index (χ2n) is 5.82. The molecule has 0 aliphatic carbocycles. The van der Waals surface area contributed by atoms with E-state index in [0.29, 0.717) is 6.04 Å². The number of thiophene rings is 1. The van der Waals surface area contributed by atoms with Crippen molar-refractivity contribution in [3.63, 3.8) is 0 Å². The van der Waals surface area contributed by atoms with Gasteiger partial charge >= 0.3 is 0 Å². The maximum Gasteiger partial charge on any atom is 0.0342 e. The van der Waals surface area contributed by atoms with Crippen molar-refractivity contribution >= 4 is 11.3 Å². The van der Waals surface area contributed by atoms with Crippen molar-refractivity contribution in [2.45, 2.75) is 13.0 Å². The Bertz CT molecular complexity index is 709. The van der Waals surface area contributed by atoms with Crippen LogP contribution in [0.1, 0.15) is 18.5 Å². The Hall–Kier alpha value is -1.90. The van der Waals surface area contributed by atoms with Gasteiger partial charge in [0.25, 0.3) is 0 Å². The van der Waals surface area contributed by atoms with E-state index < -0.39 is 0 Å². The Morgan fingerprint density at radius 1 is 0.773 bits per heavy atom. The SMILES string of the molecule is CC(c1ccc(-c2ccc(-c3cccs3)cc2)cc1)N(C)C. The summed E-state index contributed by atoms with van der Waals surface area (Å²) in [6, 6.07) is 22.4. The van der Waals surface area contributed by atoms with E-state index in [-0.39, 0.29) is 0 Å². The monoisotopic (exact) mass is 307 g/mol. The summed E-state index contributed by atoms with van der Waals surface area (Å²) < 4.78 is 0. The molecule has 0 saturated carbocycles. The molecule has 1 aromatic heterocycles. The second kappa shape index (κ2) is 6.47. The highest BCUT2D eigenvalue weighted by molar-refractivity contribution is 7.13. The van der Waals surface area contributed by atoms with Gasteiger partial charge in [-0.05, 0) is 54.7 Å². The van der Waals surface area contributed by atoms with Crippen molar-refractivity contribution < 1.29 is 0 Å². The van der Waals surface area contributed by atoms with Gasteiger partial charge in [-0.15, -0.1) is 11.3 Å². The van der Waals surface area contributed by atoms with E-state index in [2.05, 4.69) is 92.0 Å². The predicted molar refractivity (Wildman–Crippen MR) is 97.3 cm³/mol. The summed E-state index contributed by atoms with van der Waals surface area (Å²) in [5.41, 5.74) is 5.18. The average molecular weight is 307 g/mol. The van der Waals surface area contributed by atoms with Gasteiger partial charge in [0.15, 0.2) is 0 Å². The largest absolute Gasteiger partial charge is 0.303 e. The first kappa shape index (κ1) is 15.0. The van der Waals surface area contributed by atoms with Crippen LogP contribution in [0, 0.1) is 0 Å². The lowest BCUT2D eigenvalue weighted by atomic mass is 10.00. The van der Waals surface area contributed by atoms with E-state index in [9.17, 15) is 0 Å². The zero-order chi connectivity index (χ0) is 15.5. The van der Waals surface area contributed by atoms with Crippen LogP contribution in [0.15, 0.2) is 66.0 Å². The second-order valence-corrected chi connectivity index (χ2v) is 6.76. The molecule has 0 aliphatic heterocycles. The summed E-state index contributed by atoms with van der Waals surface area (Å²) in [6.07, 6.45) is 0. The van der Waals surface area contributed by atoms with Crippen LogP contribution in [-0.2, 0) is 0 Å². The van der Waals surface area contributed by atoms with Crippen LogP contribution < -0.4 is 0 Å². The molecule has 0 spiro atoms. The van der Waals surface area contributed by atoms with Crippen LogP contribution >= 0.6 is 11.3 Å². The fourth-order valence-electron chi connectivity index (χ4n) is 2.52. The predicted octanol–water partition coefficient (Wildman–Crippen LogP) is 5.70. The Balaban J connectivity index is 1.82. The lowest BCUT2D eigenvalue weighted by Gasteiger charge is -2.20. The molecule has 0 N–H and O–H groups in total. The molecule has 1 atom stereocenters. The minimum atomic E-state index is 0.440. The van der Waals surface area contributed by atoms with Gasteiger partial charge in [0.1, 0.15) is 0 Å². The Morgan fingerprint density at radius 3 is 1.82 bits per heavy atom. The van der Waals surface area contributed by atoms with Crippen molar-refractivity contribution in [1.29, 1.82) is 0 Å². The topological polar surface area (TPSA) is 3.24 Å². The molecule has 112 valence electrons. The zero-order valence-electron chi connectivity index (χ0n) is 13.3. The highest BCUT2D eigenvalue weighted by Gasteiger charge is 2.07. The molecule has 3 rings (SSSR count). The summed E-state index contributed by atoms with van der Waals surface area (Å²) in [6.45, 7) is 2.23. The Morgan fingerprint density at radius 2 is 1.32 bits per heavy atom. The smallest absolute Gasteiger partial charge is 0.0342 e. The summed E-state index contributed by atoms with van der Waals surface area (Å²) in [5, 5.41) is 2.12. The van der Waals surface area contributed by atoms with E-state index in [1.807, 2.05) is 0 Å². The van der Waals surface area contributed by atoms with Gasteiger partial charge < -0.3 is 4.90 Å². The highest BCUT2D eigenvalue weighted by Crippen LogP contribution is 2.28. The Kier molecular flexibility index (Phi) is 4.41. The van der Waals surface area contributed by atoms with Gasteiger partial charge in [0.05, 0.1) is 0 Å². The molecule has 0 fully saturated rings. The third kappa shape index (κ3) is 3.13. The molecule has 0 bridgehead atoms. The normalized spacial score (nSPS) is 12.5. The van der Waals surface area contributed by atoms with E-state index in [4.69, 9.17) is 0 Å². The summed E-state index contributed by atoms with van der Waals surface area (Å²) in [4.78, 5) is 3.55. The first-order chi connectivity index (χ1) is 10.6. The standard InChI is InChI=1S/C20H21NS/c1-15(21(2)3)16-6-8-17(9-7-16)18-10-12-19(13-11-18)20-5-4-14-22-20/h4-15H,1-3H3. The molecule has 2 aromatic carbocycles. The van der Waals surface area contributed by atoms with Crippen LogP contribution in [0.25, 0.3) is 21.6 Å². The van der Waals surface area contributed by atoms with Gasteiger partial charge in [-0.1, -0.05) is 54.6 Å². The van der Waals surface area contributed by atoms with E-state index >= 15 is 0 Å². The minimum Gasteiger partial charge on any atom is -0.303 e. The van der Waals surface area contributed by atoms with E-state index in [1.54, 1.807) is 11.3 Å². The third-order valence-corrected chi connectivity index (χ3v) is 5.11. The third-order valence-electron chi connectivity index (χ3n) is 4.19. The molecule has 0 aliphatic rings. The van der Waals surface area contributed by atoms with Gasteiger partial charge in [0.2, 0.25) is 0 Å².